The second-order valence-electron chi connectivity index (χ2n) is 6.51. The van der Waals surface area contributed by atoms with Crippen LogP contribution in [0.25, 0.3) is 0 Å². The van der Waals surface area contributed by atoms with Crippen molar-refractivity contribution in [1.82, 2.24) is 9.80 Å². The highest BCUT2D eigenvalue weighted by Gasteiger charge is 2.42. The summed E-state index contributed by atoms with van der Waals surface area (Å²) in [6.07, 6.45) is 0.489. The van der Waals surface area contributed by atoms with Gasteiger partial charge in [-0.15, -0.1) is 11.8 Å². The Morgan fingerprint density at radius 2 is 2.04 bits per heavy atom. The van der Waals surface area contributed by atoms with E-state index < -0.39 is 23.1 Å². The molecule has 24 heavy (non-hydrogen) atoms. The summed E-state index contributed by atoms with van der Waals surface area (Å²) in [5, 5.41) is -0.620. The number of halogens is 2. The number of hydrogen-bond donors (Lipinski definition) is 0. The monoisotopic (exact) mass is 356 g/mol. The van der Waals surface area contributed by atoms with Crippen LogP contribution in [-0.4, -0.2) is 47.5 Å². The van der Waals surface area contributed by atoms with Crippen LogP contribution in [0.4, 0.5) is 8.78 Å². The molecule has 0 aromatic heterocycles. The molecule has 1 aromatic rings. The summed E-state index contributed by atoms with van der Waals surface area (Å²) in [5.41, 5.74) is 0.229. The Kier molecular flexibility index (Phi) is 5.85. The molecule has 0 spiro atoms. The third-order valence-electron chi connectivity index (χ3n) is 3.89. The quantitative estimate of drug-likeness (QED) is 0.814. The minimum atomic E-state index is -0.701. The molecule has 2 rings (SSSR count). The fourth-order valence-electron chi connectivity index (χ4n) is 2.79. The van der Waals surface area contributed by atoms with Crippen molar-refractivity contribution in [3.05, 3.63) is 35.4 Å². The van der Waals surface area contributed by atoms with Crippen LogP contribution in [0.1, 0.15) is 31.2 Å². The fourth-order valence-corrected chi connectivity index (χ4v) is 4.04. The normalized spacial score (nSPS) is 19.0. The zero-order valence-corrected chi connectivity index (χ0v) is 15.1. The summed E-state index contributed by atoms with van der Waals surface area (Å²) in [7, 11) is 3.27. The molecule has 132 valence electrons. The molecule has 1 heterocycles. The first-order valence-electron chi connectivity index (χ1n) is 7.81. The number of amides is 2. The van der Waals surface area contributed by atoms with Crippen molar-refractivity contribution in [3.63, 3.8) is 0 Å². The minimum absolute atomic E-state index is 0.177. The van der Waals surface area contributed by atoms with E-state index in [-0.39, 0.29) is 29.0 Å². The first kappa shape index (κ1) is 18.7. The molecule has 0 unspecified atom stereocenters. The van der Waals surface area contributed by atoms with Gasteiger partial charge in [-0.3, -0.25) is 9.59 Å². The molecular formula is C17H22F2N2O2S. The second kappa shape index (κ2) is 7.51. The lowest BCUT2D eigenvalue weighted by atomic mass is 10.00. The molecule has 0 saturated carbocycles. The lowest BCUT2D eigenvalue weighted by Gasteiger charge is -2.34. The second-order valence-corrected chi connectivity index (χ2v) is 7.58. The molecule has 0 N–H and O–H groups in total. The van der Waals surface area contributed by atoms with Crippen LogP contribution in [0.15, 0.2) is 18.2 Å². The average Bonchev–Trinajstić information content (AvgIpc) is 2.85. The summed E-state index contributed by atoms with van der Waals surface area (Å²) >= 11 is 1.26. The number of benzene rings is 1. The fraction of sp³-hybridized carbons (Fsp3) is 0.529. The average molecular weight is 356 g/mol. The van der Waals surface area contributed by atoms with Gasteiger partial charge in [0, 0.05) is 25.7 Å². The minimum Gasteiger partial charge on any atom is -0.347 e. The van der Waals surface area contributed by atoms with Crippen LogP contribution in [-0.2, 0) is 9.59 Å². The molecule has 0 aliphatic carbocycles. The van der Waals surface area contributed by atoms with Gasteiger partial charge < -0.3 is 9.80 Å². The zero-order chi connectivity index (χ0) is 18.0. The summed E-state index contributed by atoms with van der Waals surface area (Å²) in [4.78, 5) is 27.9. The van der Waals surface area contributed by atoms with Crippen molar-refractivity contribution in [2.75, 3.05) is 19.8 Å². The van der Waals surface area contributed by atoms with Crippen molar-refractivity contribution in [2.45, 2.75) is 31.7 Å². The Bertz CT molecular complexity index is 637. The molecule has 1 aliphatic rings. The van der Waals surface area contributed by atoms with Crippen molar-refractivity contribution < 1.29 is 18.4 Å². The number of likely N-dealkylation sites (N-methyl/N-ethyl adjacent to an activating group) is 1. The van der Waals surface area contributed by atoms with Crippen molar-refractivity contribution in [1.29, 1.82) is 0 Å². The summed E-state index contributed by atoms with van der Waals surface area (Å²) in [5.74, 6) is -1.39. The maximum Gasteiger partial charge on any atom is 0.244 e. The SMILES string of the molecule is CC(C)C[C@@H](C(=O)N(C)C)N1C(=O)CS[C@H]1c1ccc(F)cc1F. The van der Waals surface area contributed by atoms with Gasteiger partial charge in [0.1, 0.15) is 23.1 Å². The van der Waals surface area contributed by atoms with E-state index in [1.165, 1.54) is 33.7 Å². The van der Waals surface area contributed by atoms with Crippen LogP contribution in [0, 0.1) is 17.6 Å². The maximum absolute atomic E-state index is 14.2. The van der Waals surface area contributed by atoms with Gasteiger partial charge in [-0.25, -0.2) is 8.78 Å². The van der Waals surface area contributed by atoms with Gasteiger partial charge in [-0.2, -0.15) is 0 Å². The van der Waals surface area contributed by atoms with Gasteiger partial charge in [0.25, 0.3) is 0 Å². The number of hydrogen-bond acceptors (Lipinski definition) is 3. The summed E-state index contributed by atoms with van der Waals surface area (Å²) in [6.45, 7) is 3.94. The van der Waals surface area contributed by atoms with Crippen LogP contribution in [0.5, 0.6) is 0 Å². The van der Waals surface area contributed by atoms with Crippen LogP contribution < -0.4 is 0 Å². The van der Waals surface area contributed by atoms with E-state index in [2.05, 4.69) is 0 Å². The van der Waals surface area contributed by atoms with E-state index in [1.54, 1.807) is 14.1 Å². The smallest absolute Gasteiger partial charge is 0.244 e. The first-order valence-corrected chi connectivity index (χ1v) is 8.86. The lowest BCUT2D eigenvalue weighted by molar-refractivity contribution is -0.143. The van der Waals surface area contributed by atoms with Gasteiger partial charge in [-0.1, -0.05) is 19.9 Å². The Morgan fingerprint density at radius 1 is 1.38 bits per heavy atom. The van der Waals surface area contributed by atoms with Crippen LogP contribution in [0.3, 0.4) is 0 Å². The Morgan fingerprint density at radius 3 is 2.58 bits per heavy atom. The molecule has 1 saturated heterocycles. The lowest BCUT2D eigenvalue weighted by Crippen LogP contribution is -2.48. The molecule has 7 heteroatoms. The highest BCUT2D eigenvalue weighted by Crippen LogP contribution is 2.42. The predicted octanol–water partition coefficient (Wildman–Crippen LogP) is 3.04. The molecule has 0 radical (unpaired) electrons. The van der Waals surface area contributed by atoms with Gasteiger partial charge in [0.15, 0.2) is 0 Å². The van der Waals surface area contributed by atoms with E-state index in [0.29, 0.717) is 6.42 Å². The highest BCUT2D eigenvalue weighted by atomic mass is 32.2. The maximum atomic E-state index is 14.2. The van der Waals surface area contributed by atoms with E-state index in [9.17, 15) is 18.4 Å². The molecule has 2 atom stereocenters. The third kappa shape index (κ3) is 3.88. The van der Waals surface area contributed by atoms with Crippen molar-refractivity contribution in [3.8, 4) is 0 Å². The largest absolute Gasteiger partial charge is 0.347 e. The van der Waals surface area contributed by atoms with Gasteiger partial charge >= 0.3 is 0 Å². The van der Waals surface area contributed by atoms with Crippen LogP contribution in [0.2, 0.25) is 0 Å². The predicted molar refractivity (Wildman–Crippen MR) is 90.3 cm³/mol. The van der Waals surface area contributed by atoms with Gasteiger partial charge in [-0.05, 0) is 18.4 Å². The van der Waals surface area contributed by atoms with E-state index in [1.807, 2.05) is 13.8 Å². The Hall–Kier alpha value is -1.63. The number of carbonyl (C=O) groups is 2. The van der Waals surface area contributed by atoms with E-state index >= 15 is 0 Å². The molecule has 4 nitrogen and oxygen atoms in total. The molecule has 1 aromatic carbocycles. The number of thioether (sulfide) groups is 1. The number of nitrogens with zero attached hydrogens (tertiary/aromatic N) is 2. The molecule has 1 aliphatic heterocycles. The van der Waals surface area contributed by atoms with Crippen molar-refractivity contribution in [2.24, 2.45) is 5.92 Å². The Balaban J connectivity index is 2.41. The standard InChI is InChI=1S/C17H22F2N2O2S/c1-10(2)7-14(16(23)20(3)4)21-15(22)9-24-17(21)12-6-5-11(18)8-13(12)19/h5-6,8,10,14,17H,7,9H2,1-4H3/t14-,17-/m0/s1. The number of rotatable bonds is 5. The summed E-state index contributed by atoms with van der Waals surface area (Å²) in [6, 6.07) is 2.67. The third-order valence-corrected chi connectivity index (χ3v) is 5.10. The zero-order valence-electron chi connectivity index (χ0n) is 14.3. The summed E-state index contributed by atoms with van der Waals surface area (Å²) < 4.78 is 27.4. The van der Waals surface area contributed by atoms with Gasteiger partial charge in [0.05, 0.1) is 5.75 Å². The van der Waals surface area contributed by atoms with Crippen molar-refractivity contribution >= 4 is 23.6 Å². The van der Waals surface area contributed by atoms with E-state index in [0.717, 1.165) is 6.07 Å². The van der Waals surface area contributed by atoms with Crippen LogP contribution >= 0.6 is 11.8 Å². The first-order chi connectivity index (χ1) is 11.2. The molecule has 2 amide bonds. The Labute approximate surface area is 145 Å². The molecular weight excluding hydrogens is 334 g/mol. The topological polar surface area (TPSA) is 40.6 Å². The number of carbonyl (C=O) groups excluding carboxylic acids is 2. The molecule has 1 fully saturated rings. The molecule has 0 bridgehead atoms. The van der Waals surface area contributed by atoms with Gasteiger partial charge in [0.2, 0.25) is 11.8 Å². The highest BCUT2D eigenvalue weighted by molar-refractivity contribution is 8.00. The van der Waals surface area contributed by atoms with E-state index in [4.69, 9.17) is 0 Å².